The summed E-state index contributed by atoms with van der Waals surface area (Å²) in [5.74, 6) is 6.37. The van der Waals surface area contributed by atoms with E-state index in [2.05, 4.69) is 35.7 Å². The van der Waals surface area contributed by atoms with Crippen LogP contribution in [0.5, 0.6) is 0 Å². The molecular formula is C23H35N6O16P3S2. The van der Waals surface area contributed by atoms with Crippen LogP contribution in [0.2, 0.25) is 0 Å². The lowest BCUT2D eigenvalue weighted by molar-refractivity contribution is -0.119. The number of ether oxygens (including phenoxy) is 3. The fourth-order valence-corrected chi connectivity index (χ4v) is 8.86. The van der Waals surface area contributed by atoms with Crippen molar-refractivity contribution in [1.29, 1.82) is 0 Å². The number of ketones is 1. The molecule has 27 heteroatoms. The van der Waals surface area contributed by atoms with Crippen LogP contribution in [0.25, 0.3) is 11.0 Å². The Morgan fingerprint density at radius 1 is 1.16 bits per heavy atom. The van der Waals surface area contributed by atoms with Gasteiger partial charge in [0.1, 0.15) is 24.7 Å². The van der Waals surface area contributed by atoms with Gasteiger partial charge in [0, 0.05) is 37.1 Å². The number of Topliss-reactive ketones (excluding diaryl/α,β-unsaturated/α-hetero) is 1. The van der Waals surface area contributed by atoms with Gasteiger partial charge in [0.2, 0.25) is 5.95 Å². The molecule has 0 aliphatic carbocycles. The third-order valence-electron chi connectivity index (χ3n) is 6.02. The summed E-state index contributed by atoms with van der Waals surface area (Å²) in [4.78, 5) is 79.7. The minimum atomic E-state index is -5.78. The third-order valence-corrected chi connectivity index (χ3v) is 12.2. The third kappa shape index (κ3) is 14.0. The molecule has 10 N–H and O–H groups in total. The predicted molar refractivity (Wildman–Crippen MR) is 178 cm³/mol. The van der Waals surface area contributed by atoms with Gasteiger partial charge in [-0.3, -0.25) is 19.1 Å². The smallest absolute Gasteiger partial charge is 0.449 e. The number of hydrogen-bond donors (Lipinski definition) is 8. The lowest BCUT2D eigenvalue weighted by atomic mass is 10.2. The number of fused-ring (bicyclic) bond motifs is 1. The van der Waals surface area contributed by atoms with E-state index in [0.29, 0.717) is 12.3 Å². The molecule has 0 bridgehead atoms. The molecule has 5 atom stereocenters. The highest BCUT2D eigenvalue weighted by Crippen LogP contribution is 2.66. The second-order valence-electron chi connectivity index (χ2n) is 9.94. The Morgan fingerprint density at radius 2 is 1.88 bits per heavy atom. The highest BCUT2D eigenvalue weighted by Gasteiger charge is 2.43. The van der Waals surface area contributed by atoms with Crippen molar-refractivity contribution in [1.82, 2.24) is 19.9 Å². The minimum Gasteiger partial charge on any atom is -0.449 e. The van der Waals surface area contributed by atoms with Gasteiger partial charge in [-0.25, -0.2) is 18.5 Å². The van der Waals surface area contributed by atoms with Crippen molar-refractivity contribution in [3.8, 4) is 11.8 Å². The molecule has 3 heterocycles. The number of amides is 1. The van der Waals surface area contributed by atoms with Crippen molar-refractivity contribution < 1.29 is 70.2 Å². The fraction of sp³-hybridized carbons (Fsp3) is 0.565. The largest absolute Gasteiger partial charge is 0.490 e. The minimum absolute atomic E-state index is 0.00217. The summed E-state index contributed by atoms with van der Waals surface area (Å²) in [7, 11) is -13.8. The number of rotatable bonds is 19. The molecule has 2 aromatic heterocycles. The van der Waals surface area contributed by atoms with Gasteiger partial charge in [0.15, 0.2) is 5.65 Å². The first-order chi connectivity index (χ1) is 23.4. The van der Waals surface area contributed by atoms with Crippen LogP contribution in [-0.2, 0) is 45.8 Å². The first-order valence-electron chi connectivity index (χ1n) is 14.2. The van der Waals surface area contributed by atoms with E-state index in [9.17, 15) is 37.9 Å². The predicted octanol–water partition coefficient (Wildman–Crippen LogP) is 0.720. The Balaban J connectivity index is 1.78. The average molecular weight is 809 g/mol. The zero-order valence-electron chi connectivity index (χ0n) is 26.1. The molecule has 1 amide bonds. The molecule has 280 valence electrons. The van der Waals surface area contributed by atoms with Gasteiger partial charge in [-0.2, -0.15) is 13.6 Å². The summed E-state index contributed by atoms with van der Waals surface area (Å²) in [5, 5.41) is 2.48. The average Bonchev–Trinajstić information content (AvgIpc) is 3.55. The molecule has 1 fully saturated rings. The summed E-state index contributed by atoms with van der Waals surface area (Å²) in [5.41, 5.74) is 10.7. The number of carbonyl (C=O) groups is 2. The molecule has 0 radical (unpaired) electrons. The molecule has 3 rings (SSSR count). The van der Waals surface area contributed by atoms with Gasteiger partial charge in [0.05, 0.1) is 36.8 Å². The second-order valence-corrected chi connectivity index (χ2v) is 17.1. The lowest BCUT2D eigenvalue weighted by Gasteiger charge is -2.21. The number of carbonyl (C=O) groups excluding carboxylic acids is 2. The number of hydrogen-bond acceptors (Lipinski definition) is 17. The van der Waals surface area contributed by atoms with E-state index in [4.69, 9.17) is 40.0 Å². The number of nitrogens with two attached hydrogens (primary N) is 2. The Kier molecular flexibility index (Phi) is 16.0. The molecular weight excluding hydrogens is 773 g/mol. The monoisotopic (exact) mass is 808 g/mol. The number of anilines is 1. The van der Waals surface area contributed by atoms with Crippen molar-refractivity contribution in [3.63, 3.8) is 0 Å². The Bertz CT molecular complexity index is 1780. The number of aromatic nitrogens is 3. The molecule has 1 aliphatic heterocycles. The number of nitrogens with one attached hydrogen (secondary N) is 2. The van der Waals surface area contributed by atoms with Gasteiger partial charge in [0.25, 0.3) is 5.56 Å². The fourth-order valence-electron chi connectivity index (χ4n) is 4.15. The van der Waals surface area contributed by atoms with Crippen LogP contribution >= 0.6 is 45.1 Å². The molecule has 1 saturated heterocycles. The summed E-state index contributed by atoms with van der Waals surface area (Å²) in [6, 6.07) is 0. The Hall–Kier alpha value is -2.29. The maximum absolute atomic E-state index is 12.9. The van der Waals surface area contributed by atoms with Crippen LogP contribution < -0.4 is 22.3 Å². The normalized spacial score (nSPS) is 20.1. The topological polar surface area (TPSA) is 336 Å². The number of nitrogen functional groups attached to an aromatic ring is 1. The van der Waals surface area contributed by atoms with Crippen LogP contribution in [0, 0.1) is 11.8 Å². The highest BCUT2D eigenvalue weighted by molar-refractivity contribution is 8.76. The van der Waals surface area contributed by atoms with Crippen LogP contribution in [0.3, 0.4) is 0 Å². The SMILES string of the molecule is CC(=O)CCO[C@@H]1C[C@H](n2cc(C#CCNC(=O)OCCSSCCN)c3c(=O)[nH]c(N)nc32)O[C@@H]1COP(=O)(O)OP(=O)(O)OP(=O)(O)O. The first-order valence-corrected chi connectivity index (χ1v) is 21.2. The first kappa shape index (κ1) is 42.1. The zero-order chi connectivity index (χ0) is 37.1. The van der Waals surface area contributed by atoms with E-state index in [-0.39, 0.29) is 60.9 Å². The van der Waals surface area contributed by atoms with E-state index in [1.165, 1.54) is 28.5 Å². The number of phosphoric ester groups is 1. The molecule has 50 heavy (non-hydrogen) atoms. The molecule has 0 aromatic carbocycles. The maximum Gasteiger partial charge on any atom is 0.490 e. The molecule has 22 nitrogen and oxygen atoms in total. The number of phosphoric acid groups is 3. The molecule has 2 aromatic rings. The van der Waals surface area contributed by atoms with Gasteiger partial charge >= 0.3 is 29.6 Å². The lowest BCUT2D eigenvalue weighted by Crippen LogP contribution is -2.29. The standard InChI is InChI=1S/C23H35N6O16P3S2/c1-14(30)4-7-40-16-11-18(43-17(16)13-42-47(36,37)45-48(38,39)44-46(33,34)35)29-12-15(19-20(29)27-22(25)28-21(19)31)3-2-6-26-23(32)41-8-10-50-49-9-5-24/h12,16-18H,4-11,13,24H2,1H3,(H,26,32)(H,36,37)(H,38,39)(H2,33,34,35)(H3,25,27,28,31)/t16-,17-,18-/m1/s1. The summed E-state index contributed by atoms with van der Waals surface area (Å²) in [6.45, 7) is 0.945. The van der Waals surface area contributed by atoms with Crippen LogP contribution in [0.1, 0.15) is 31.6 Å². The number of nitrogens with zero attached hydrogens (tertiary/aromatic N) is 2. The van der Waals surface area contributed by atoms with Crippen LogP contribution in [0.15, 0.2) is 11.0 Å². The Labute approximate surface area is 291 Å². The van der Waals surface area contributed by atoms with E-state index < -0.39 is 60.2 Å². The summed E-state index contributed by atoms with van der Waals surface area (Å²) >= 11 is 0. The molecule has 0 spiro atoms. The number of H-pyrrole nitrogens is 1. The Morgan fingerprint density at radius 3 is 2.56 bits per heavy atom. The zero-order valence-corrected chi connectivity index (χ0v) is 30.4. The van der Waals surface area contributed by atoms with E-state index >= 15 is 0 Å². The summed E-state index contributed by atoms with van der Waals surface area (Å²) < 4.78 is 65.4. The van der Waals surface area contributed by atoms with Gasteiger partial charge in [-0.15, -0.1) is 0 Å². The maximum atomic E-state index is 12.9. The van der Waals surface area contributed by atoms with Crippen LogP contribution in [0.4, 0.5) is 10.7 Å². The highest BCUT2D eigenvalue weighted by atomic mass is 33.1. The van der Waals surface area contributed by atoms with Crippen molar-refractivity contribution in [2.45, 2.75) is 38.2 Å². The van der Waals surface area contributed by atoms with E-state index in [1.807, 2.05) is 0 Å². The molecule has 0 saturated carbocycles. The number of aromatic amines is 1. The van der Waals surface area contributed by atoms with E-state index in [1.54, 1.807) is 10.8 Å². The van der Waals surface area contributed by atoms with Gasteiger partial charge in [-0.05, 0) is 6.92 Å². The van der Waals surface area contributed by atoms with Crippen molar-refractivity contribution >= 4 is 73.9 Å². The van der Waals surface area contributed by atoms with Crippen LogP contribution in [-0.4, -0.2) is 103 Å². The summed E-state index contributed by atoms with van der Waals surface area (Å²) in [6.07, 6.45) is -2.51. The van der Waals surface area contributed by atoms with Gasteiger partial charge in [-0.1, -0.05) is 33.4 Å². The van der Waals surface area contributed by atoms with Crippen molar-refractivity contribution in [2.24, 2.45) is 5.73 Å². The quantitative estimate of drug-likeness (QED) is 0.0419. The second kappa shape index (κ2) is 19.0. The van der Waals surface area contributed by atoms with Gasteiger partial charge < -0.3 is 55.1 Å². The number of alkyl carbamates (subject to hydrolysis) is 1. The van der Waals surface area contributed by atoms with Crippen molar-refractivity contribution in [3.05, 3.63) is 22.1 Å². The molecule has 1 aliphatic rings. The van der Waals surface area contributed by atoms with Crippen molar-refractivity contribution in [2.75, 3.05) is 50.1 Å². The van der Waals surface area contributed by atoms with E-state index in [0.717, 1.165) is 5.75 Å². The molecule has 2 unspecified atom stereocenters.